The predicted molar refractivity (Wildman–Crippen MR) is 129 cm³/mol. The summed E-state index contributed by atoms with van der Waals surface area (Å²) in [6, 6.07) is 12.9. The van der Waals surface area contributed by atoms with Crippen LogP contribution in [0.4, 0.5) is 0 Å². The third kappa shape index (κ3) is 7.26. The van der Waals surface area contributed by atoms with E-state index in [1.165, 1.54) is 5.56 Å². The Morgan fingerprint density at radius 3 is 2.16 bits per heavy atom. The normalized spacial score (nSPS) is 12.0. The van der Waals surface area contributed by atoms with E-state index in [-0.39, 0.29) is 18.4 Å². The van der Waals surface area contributed by atoms with Crippen molar-refractivity contribution >= 4 is 35.0 Å². The van der Waals surface area contributed by atoms with Gasteiger partial charge in [-0.25, -0.2) is 0 Å². The molecule has 0 fully saturated rings. The Balaban J connectivity index is 2.17. The van der Waals surface area contributed by atoms with Crippen LogP contribution in [0, 0.1) is 0 Å². The van der Waals surface area contributed by atoms with Crippen molar-refractivity contribution in [1.29, 1.82) is 0 Å². The lowest BCUT2D eigenvalue weighted by Gasteiger charge is -2.29. The van der Waals surface area contributed by atoms with Crippen LogP contribution in [0.5, 0.6) is 0 Å². The number of rotatable bonds is 10. The van der Waals surface area contributed by atoms with E-state index in [2.05, 4.69) is 43.4 Å². The predicted octanol–water partition coefficient (Wildman–Crippen LogP) is 5.99. The van der Waals surface area contributed by atoms with Crippen LogP contribution in [0.3, 0.4) is 0 Å². The maximum atomic E-state index is 13.2. The average molecular weight is 463 g/mol. The fourth-order valence-electron chi connectivity index (χ4n) is 3.30. The van der Waals surface area contributed by atoms with Gasteiger partial charge in [0.2, 0.25) is 11.8 Å². The van der Waals surface area contributed by atoms with Gasteiger partial charge < -0.3 is 10.2 Å². The lowest BCUT2D eigenvalue weighted by Crippen LogP contribution is -2.47. The molecule has 0 radical (unpaired) electrons. The van der Waals surface area contributed by atoms with Crippen molar-refractivity contribution in [3.63, 3.8) is 0 Å². The number of carbonyl (C=O) groups excluding carboxylic acids is 2. The van der Waals surface area contributed by atoms with E-state index in [9.17, 15) is 9.59 Å². The van der Waals surface area contributed by atoms with Crippen LogP contribution in [0.1, 0.15) is 63.1 Å². The molecule has 2 aromatic rings. The molecule has 168 valence electrons. The molecular formula is C25H32Cl2N2O2. The van der Waals surface area contributed by atoms with Crippen molar-refractivity contribution in [2.75, 3.05) is 6.54 Å². The minimum absolute atomic E-state index is 0.108. The van der Waals surface area contributed by atoms with Gasteiger partial charge in [0.1, 0.15) is 6.04 Å². The summed E-state index contributed by atoms with van der Waals surface area (Å²) >= 11 is 12.7. The molecule has 0 spiro atoms. The summed E-state index contributed by atoms with van der Waals surface area (Å²) in [6.07, 6.45) is 1.73. The van der Waals surface area contributed by atoms with Gasteiger partial charge >= 0.3 is 0 Å². The third-order valence-corrected chi connectivity index (χ3v) is 6.09. The van der Waals surface area contributed by atoms with Gasteiger partial charge in [-0.15, -0.1) is 0 Å². The van der Waals surface area contributed by atoms with Gasteiger partial charge in [-0.1, -0.05) is 74.3 Å². The van der Waals surface area contributed by atoms with E-state index < -0.39 is 6.04 Å². The number of hydrogen-bond donors (Lipinski definition) is 1. The summed E-state index contributed by atoms with van der Waals surface area (Å²) < 4.78 is 0. The van der Waals surface area contributed by atoms with Crippen LogP contribution in [0.25, 0.3) is 0 Å². The lowest BCUT2D eigenvalue weighted by atomic mass is 10.00. The quantitative estimate of drug-likeness (QED) is 0.470. The molecule has 0 aliphatic heterocycles. The van der Waals surface area contributed by atoms with Gasteiger partial charge in [0.05, 0.1) is 0 Å². The van der Waals surface area contributed by atoms with Crippen molar-refractivity contribution in [2.45, 2.75) is 65.5 Å². The number of nitrogens with one attached hydrogen (secondary N) is 1. The van der Waals surface area contributed by atoms with Crippen LogP contribution in [-0.2, 0) is 22.6 Å². The second-order valence-corrected chi connectivity index (χ2v) is 8.90. The molecule has 2 rings (SSSR count). The van der Waals surface area contributed by atoms with E-state index in [4.69, 9.17) is 23.2 Å². The van der Waals surface area contributed by atoms with Crippen molar-refractivity contribution in [1.82, 2.24) is 10.2 Å². The van der Waals surface area contributed by atoms with E-state index in [0.29, 0.717) is 40.9 Å². The van der Waals surface area contributed by atoms with Gasteiger partial charge in [0.15, 0.2) is 0 Å². The smallest absolute Gasteiger partial charge is 0.242 e. The molecule has 6 heteroatoms. The van der Waals surface area contributed by atoms with E-state index in [1.54, 1.807) is 30.0 Å². The van der Waals surface area contributed by atoms with Crippen LogP contribution in [0.15, 0.2) is 42.5 Å². The zero-order valence-corrected chi connectivity index (χ0v) is 20.3. The summed E-state index contributed by atoms with van der Waals surface area (Å²) in [4.78, 5) is 27.4. The van der Waals surface area contributed by atoms with Gasteiger partial charge in [-0.05, 0) is 48.9 Å². The maximum Gasteiger partial charge on any atom is 0.242 e. The fraction of sp³-hybridized carbons (Fsp3) is 0.440. The molecule has 1 unspecified atom stereocenters. The van der Waals surface area contributed by atoms with Crippen LogP contribution >= 0.6 is 23.2 Å². The van der Waals surface area contributed by atoms with Crippen molar-refractivity contribution in [2.24, 2.45) is 0 Å². The first-order valence-electron chi connectivity index (χ1n) is 10.8. The minimum atomic E-state index is -0.630. The fourth-order valence-corrected chi connectivity index (χ4v) is 3.81. The van der Waals surface area contributed by atoms with E-state index in [0.717, 1.165) is 12.0 Å². The largest absolute Gasteiger partial charge is 0.354 e. The molecule has 0 aliphatic carbocycles. The number of aryl methyl sites for hydroxylation is 1. The summed E-state index contributed by atoms with van der Waals surface area (Å²) in [5.74, 6) is 0.178. The number of amides is 2. The van der Waals surface area contributed by atoms with Crippen LogP contribution < -0.4 is 5.32 Å². The molecule has 1 N–H and O–H groups in total. The number of halogens is 2. The molecular weight excluding hydrogens is 431 g/mol. The maximum absolute atomic E-state index is 13.2. The zero-order chi connectivity index (χ0) is 23.0. The average Bonchev–Trinajstić information content (AvgIpc) is 2.75. The van der Waals surface area contributed by atoms with Gasteiger partial charge in [0, 0.05) is 35.1 Å². The van der Waals surface area contributed by atoms with Gasteiger partial charge in [-0.3, -0.25) is 9.59 Å². The van der Waals surface area contributed by atoms with Crippen molar-refractivity contribution < 1.29 is 9.59 Å². The first-order valence-corrected chi connectivity index (χ1v) is 11.6. The monoisotopic (exact) mass is 462 g/mol. The number of hydrogen-bond acceptors (Lipinski definition) is 2. The highest BCUT2D eigenvalue weighted by molar-refractivity contribution is 6.36. The van der Waals surface area contributed by atoms with Crippen molar-refractivity contribution in [3.05, 3.63) is 69.2 Å². The van der Waals surface area contributed by atoms with Gasteiger partial charge in [0.25, 0.3) is 0 Å². The highest BCUT2D eigenvalue weighted by Crippen LogP contribution is 2.27. The van der Waals surface area contributed by atoms with Crippen LogP contribution in [-0.4, -0.2) is 29.3 Å². The highest BCUT2D eigenvalue weighted by atomic mass is 35.5. The molecule has 0 bridgehead atoms. The number of nitrogens with zero attached hydrogens (tertiary/aromatic N) is 1. The number of carbonyl (C=O) groups is 2. The second kappa shape index (κ2) is 12.1. The molecule has 0 saturated carbocycles. The Labute approximate surface area is 195 Å². The standard InChI is InChI=1S/C25H32Cl2N2O2/c1-5-15-28-25(31)18(4)29(16-21-22(26)7-6-8-23(21)27)24(30)14-11-19-9-12-20(13-10-19)17(2)3/h6-10,12-13,17-18H,5,11,14-16H2,1-4H3,(H,28,31). The molecule has 2 amide bonds. The first-order chi connectivity index (χ1) is 14.7. The Kier molecular flexibility index (Phi) is 9.86. The van der Waals surface area contributed by atoms with Crippen molar-refractivity contribution in [3.8, 4) is 0 Å². The lowest BCUT2D eigenvalue weighted by molar-refractivity contribution is -0.140. The summed E-state index contributed by atoms with van der Waals surface area (Å²) in [5.41, 5.74) is 3.01. The van der Waals surface area contributed by atoms with Gasteiger partial charge in [-0.2, -0.15) is 0 Å². The Bertz CT molecular complexity index is 861. The Morgan fingerprint density at radius 2 is 1.61 bits per heavy atom. The summed E-state index contributed by atoms with van der Waals surface area (Å²) in [6.45, 7) is 8.79. The van der Waals surface area contributed by atoms with Crippen LogP contribution in [0.2, 0.25) is 10.0 Å². The van der Waals surface area contributed by atoms with E-state index in [1.807, 2.05) is 6.92 Å². The summed E-state index contributed by atoms with van der Waals surface area (Å²) in [7, 11) is 0. The molecule has 1 atom stereocenters. The first kappa shape index (κ1) is 25.2. The zero-order valence-electron chi connectivity index (χ0n) is 18.8. The molecule has 2 aromatic carbocycles. The Hall–Kier alpha value is -2.04. The molecule has 0 heterocycles. The minimum Gasteiger partial charge on any atom is -0.354 e. The van der Waals surface area contributed by atoms with E-state index >= 15 is 0 Å². The molecule has 4 nitrogen and oxygen atoms in total. The SMILES string of the molecule is CCCNC(=O)C(C)N(Cc1c(Cl)cccc1Cl)C(=O)CCc1ccc(C(C)C)cc1. The highest BCUT2D eigenvalue weighted by Gasteiger charge is 2.27. The number of benzene rings is 2. The summed E-state index contributed by atoms with van der Waals surface area (Å²) in [5, 5.41) is 3.84. The second-order valence-electron chi connectivity index (χ2n) is 8.09. The topological polar surface area (TPSA) is 49.4 Å². The molecule has 0 aromatic heterocycles. The molecule has 0 saturated heterocycles. The Morgan fingerprint density at radius 1 is 1.00 bits per heavy atom. The molecule has 0 aliphatic rings. The molecule has 31 heavy (non-hydrogen) atoms. The third-order valence-electron chi connectivity index (χ3n) is 5.38.